The molecule has 1 aliphatic rings. The number of nitrogens with zero attached hydrogens (tertiary/aromatic N) is 2. The maximum atomic E-state index is 12.2. The summed E-state index contributed by atoms with van der Waals surface area (Å²) in [5.74, 6) is -0.244. The predicted octanol–water partition coefficient (Wildman–Crippen LogP) is 2.38. The Morgan fingerprint density at radius 1 is 1.38 bits per heavy atom. The number of carbonyl (C=O) groups is 2. The van der Waals surface area contributed by atoms with Gasteiger partial charge in [0.2, 0.25) is 0 Å². The Balaban J connectivity index is 2.01. The van der Waals surface area contributed by atoms with Crippen LogP contribution in [0.1, 0.15) is 30.1 Å². The van der Waals surface area contributed by atoms with Crippen LogP contribution in [-0.2, 0) is 4.79 Å². The van der Waals surface area contributed by atoms with Crippen molar-refractivity contribution in [3.63, 3.8) is 0 Å². The van der Waals surface area contributed by atoms with Crippen molar-refractivity contribution in [2.45, 2.75) is 19.8 Å². The molecule has 26 heavy (non-hydrogen) atoms. The van der Waals surface area contributed by atoms with Crippen molar-refractivity contribution in [2.75, 3.05) is 36.0 Å². The number of carboxylic acids is 1. The van der Waals surface area contributed by atoms with Gasteiger partial charge >= 0.3 is 5.97 Å². The first-order valence-electron chi connectivity index (χ1n) is 8.49. The number of rotatable bonds is 8. The van der Waals surface area contributed by atoms with Gasteiger partial charge in [-0.25, -0.2) is 0 Å². The minimum Gasteiger partial charge on any atom is -0.481 e. The summed E-state index contributed by atoms with van der Waals surface area (Å²) in [7, 11) is 0. The first kappa shape index (κ1) is 20.0. The monoisotopic (exact) mass is 381 g/mol. The van der Waals surface area contributed by atoms with Crippen molar-refractivity contribution in [3.05, 3.63) is 33.9 Å². The van der Waals surface area contributed by atoms with Gasteiger partial charge in [-0.3, -0.25) is 19.7 Å². The van der Waals surface area contributed by atoms with E-state index in [0.29, 0.717) is 23.9 Å². The summed E-state index contributed by atoms with van der Waals surface area (Å²) in [6, 6.07) is 4.55. The van der Waals surface area contributed by atoms with Gasteiger partial charge in [-0.15, -0.1) is 11.8 Å². The van der Waals surface area contributed by atoms with Crippen molar-refractivity contribution in [1.29, 1.82) is 0 Å². The molecule has 0 radical (unpaired) electrons. The van der Waals surface area contributed by atoms with Crippen molar-refractivity contribution in [1.82, 2.24) is 5.32 Å². The third-order valence-corrected chi connectivity index (χ3v) is 5.26. The van der Waals surface area contributed by atoms with Crippen LogP contribution < -0.4 is 10.2 Å². The summed E-state index contributed by atoms with van der Waals surface area (Å²) in [4.78, 5) is 35.6. The number of hydrogen-bond acceptors (Lipinski definition) is 6. The number of benzene rings is 1. The Morgan fingerprint density at radius 3 is 2.69 bits per heavy atom. The third-order valence-electron chi connectivity index (χ3n) is 4.32. The lowest BCUT2D eigenvalue weighted by atomic mass is 9.98. The number of hydrogen-bond donors (Lipinski definition) is 2. The fourth-order valence-corrected chi connectivity index (χ4v) is 3.39. The van der Waals surface area contributed by atoms with Gasteiger partial charge in [0.1, 0.15) is 5.69 Å². The van der Waals surface area contributed by atoms with E-state index in [9.17, 15) is 19.7 Å². The lowest BCUT2D eigenvalue weighted by Gasteiger charge is -2.31. The molecule has 9 heteroatoms. The number of aliphatic carboxylic acids is 1. The Morgan fingerprint density at radius 2 is 2.08 bits per heavy atom. The van der Waals surface area contributed by atoms with E-state index >= 15 is 0 Å². The smallest absolute Gasteiger partial charge is 0.313 e. The second-order valence-corrected chi connectivity index (χ2v) is 7.44. The van der Waals surface area contributed by atoms with E-state index in [0.717, 1.165) is 25.9 Å². The number of anilines is 1. The zero-order valence-electron chi connectivity index (χ0n) is 14.6. The normalized spacial score (nSPS) is 14.9. The summed E-state index contributed by atoms with van der Waals surface area (Å²) in [5, 5.41) is 22.7. The molecule has 8 nitrogen and oxygen atoms in total. The van der Waals surface area contributed by atoms with Gasteiger partial charge in [-0.1, -0.05) is 6.92 Å². The molecule has 0 spiro atoms. The molecule has 1 aromatic rings. The lowest BCUT2D eigenvalue weighted by molar-refractivity contribution is -0.384. The van der Waals surface area contributed by atoms with Gasteiger partial charge in [0.15, 0.2) is 0 Å². The summed E-state index contributed by atoms with van der Waals surface area (Å²) in [5.41, 5.74) is 0.719. The second kappa shape index (κ2) is 9.42. The van der Waals surface area contributed by atoms with Crippen LogP contribution in [0.25, 0.3) is 0 Å². The molecule has 1 heterocycles. The molecule has 0 aromatic heterocycles. The van der Waals surface area contributed by atoms with Gasteiger partial charge < -0.3 is 15.3 Å². The van der Waals surface area contributed by atoms with Gasteiger partial charge in [-0.2, -0.15) is 0 Å². The molecule has 0 saturated carbocycles. The van der Waals surface area contributed by atoms with Crippen LogP contribution >= 0.6 is 11.8 Å². The standard InChI is InChI=1S/C17H23N3O5S/c1-12-4-7-19(8-5-12)14-3-2-13(10-15(14)20(24)25)17(23)18-6-9-26-11-16(21)22/h2-3,10,12H,4-9,11H2,1H3,(H,18,23)(H,21,22). The molecule has 2 N–H and O–H groups in total. The summed E-state index contributed by atoms with van der Waals surface area (Å²) < 4.78 is 0. The highest BCUT2D eigenvalue weighted by molar-refractivity contribution is 7.99. The number of nitro groups is 1. The zero-order valence-corrected chi connectivity index (χ0v) is 15.5. The van der Waals surface area contributed by atoms with Crippen LogP contribution in [0.4, 0.5) is 11.4 Å². The topological polar surface area (TPSA) is 113 Å². The van der Waals surface area contributed by atoms with Crippen molar-refractivity contribution in [3.8, 4) is 0 Å². The first-order chi connectivity index (χ1) is 12.4. The molecule has 1 aromatic carbocycles. The largest absolute Gasteiger partial charge is 0.481 e. The molecule has 1 amide bonds. The van der Waals surface area contributed by atoms with Crippen LogP contribution in [0, 0.1) is 16.0 Å². The summed E-state index contributed by atoms with van der Waals surface area (Å²) in [6.45, 7) is 4.02. The Kier molecular flexibility index (Phi) is 7.26. The van der Waals surface area contributed by atoms with E-state index in [1.54, 1.807) is 12.1 Å². The maximum Gasteiger partial charge on any atom is 0.313 e. The first-order valence-corrected chi connectivity index (χ1v) is 9.65. The fraction of sp³-hybridized carbons (Fsp3) is 0.529. The van der Waals surface area contributed by atoms with E-state index in [4.69, 9.17) is 5.11 Å². The van der Waals surface area contributed by atoms with Crippen LogP contribution in [0.5, 0.6) is 0 Å². The van der Waals surface area contributed by atoms with Crippen LogP contribution in [0.15, 0.2) is 18.2 Å². The van der Waals surface area contributed by atoms with Gasteiger partial charge in [0, 0.05) is 37.0 Å². The SMILES string of the molecule is CC1CCN(c2ccc(C(=O)NCCSCC(=O)O)cc2[N+](=O)[O-])CC1. The number of carboxylic acid groups (broad SMARTS) is 1. The average molecular weight is 381 g/mol. The van der Waals surface area contributed by atoms with Gasteiger partial charge in [0.25, 0.3) is 11.6 Å². The molecule has 1 fully saturated rings. The summed E-state index contributed by atoms with van der Waals surface area (Å²) in [6.07, 6.45) is 1.99. The highest BCUT2D eigenvalue weighted by Crippen LogP contribution is 2.32. The van der Waals surface area contributed by atoms with E-state index < -0.39 is 16.8 Å². The van der Waals surface area contributed by atoms with Gasteiger partial charge in [-0.05, 0) is 30.9 Å². The molecular weight excluding hydrogens is 358 g/mol. The van der Waals surface area contributed by atoms with E-state index in [-0.39, 0.29) is 17.0 Å². The number of nitro benzene ring substituents is 1. The molecule has 142 valence electrons. The van der Waals surface area contributed by atoms with Gasteiger partial charge in [0.05, 0.1) is 10.7 Å². The number of thioether (sulfide) groups is 1. The highest BCUT2D eigenvalue weighted by Gasteiger charge is 2.24. The van der Waals surface area contributed by atoms with Crippen molar-refractivity contribution in [2.24, 2.45) is 5.92 Å². The third kappa shape index (κ3) is 5.62. The molecule has 0 aliphatic carbocycles. The molecule has 1 saturated heterocycles. The van der Waals surface area contributed by atoms with E-state index in [2.05, 4.69) is 12.2 Å². The molecule has 0 unspecified atom stereocenters. The Hall–Kier alpha value is -2.29. The van der Waals surface area contributed by atoms with Crippen LogP contribution in [0.2, 0.25) is 0 Å². The number of piperidine rings is 1. The van der Waals surface area contributed by atoms with E-state index in [1.807, 2.05) is 4.90 Å². The second-order valence-electron chi connectivity index (χ2n) is 6.33. The molecule has 2 rings (SSSR count). The Labute approximate surface area is 156 Å². The fourth-order valence-electron chi connectivity index (χ4n) is 2.83. The number of amides is 1. The zero-order chi connectivity index (χ0) is 19.1. The van der Waals surface area contributed by atoms with E-state index in [1.165, 1.54) is 17.8 Å². The van der Waals surface area contributed by atoms with Crippen molar-refractivity contribution < 1.29 is 19.6 Å². The molecule has 0 atom stereocenters. The molecular formula is C17H23N3O5S. The lowest BCUT2D eigenvalue weighted by Crippen LogP contribution is -2.33. The molecule has 1 aliphatic heterocycles. The van der Waals surface area contributed by atoms with Crippen molar-refractivity contribution >= 4 is 35.0 Å². The summed E-state index contributed by atoms with van der Waals surface area (Å²) >= 11 is 1.20. The Bertz CT molecular complexity index is 674. The van der Waals surface area contributed by atoms with Crippen LogP contribution in [0.3, 0.4) is 0 Å². The predicted molar refractivity (Wildman–Crippen MR) is 101 cm³/mol. The minimum absolute atomic E-state index is 0.0233. The minimum atomic E-state index is -0.903. The quantitative estimate of drug-likeness (QED) is 0.404. The maximum absolute atomic E-state index is 12.2. The highest BCUT2D eigenvalue weighted by atomic mass is 32.2. The number of carbonyl (C=O) groups excluding carboxylic acids is 1. The average Bonchev–Trinajstić information content (AvgIpc) is 2.61. The number of nitrogens with one attached hydrogen (secondary N) is 1. The van der Waals surface area contributed by atoms with Crippen LogP contribution in [-0.4, -0.2) is 53.0 Å². The molecule has 0 bridgehead atoms.